The first-order valence-electron chi connectivity index (χ1n) is 9.43. The number of halogens is 1. The van der Waals surface area contributed by atoms with Crippen LogP contribution < -0.4 is 15.4 Å². The van der Waals surface area contributed by atoms with Crippen LogP contribution in [0.3, 0.4) is 0 Å². The molecule has 0 saturated carbocycles. The normalized spacial score (nSPS) is 10.9. The van der Waals surface area contributed by atoms with E-state index in [2.05, 4.69) is 25.1 Å². The van der Waals surface area contributed by atoms with Crippen LogP contribution in [0, 0.1) is 12.7 Å². The number of nitrogens with zero attached hydrogens (tertiary/aromatic N) is 4. The minimum atomic E-state index is -0.507. The lowest BCUT2D eigenvalue weighted by molar-refractivity contribution is -0.122. The Morgan fingerprint density at radius 1 is 1.32 bits per heavy atom. The number of rotatable bonds is 7. The van der Waals surface area contributed by atoms with Crippen molar-refractivity contribution in [2.45, 2.75) is 13.8 Å². The van der Waals surface area contributed by atoms with Crippen molar-refractivity contribution in [3.8, 4) is 5.75 Å². The van der Waals surface area contributed by atoms with Crippen molar-refractivity contribution in [2.24, 2.45) is 4.36 Å². The van der Waals surface area contributed by atoms with Crippen LogP contribution in [0.1, 0.15) is 22.8 Å². The third kappa shape index (κ3) is 5.23. The van der Waals surface area contributed by atoms with Crippen molar-refractivity contribution >= 4 is 39.5 Å². The van der Waals surface area contributed by atoms with E-state index >= 15 is 0 Å². The minimum Gasteiger partial charge on any atom is -0.481 e. The van der Waals surface area contributed by atoms with Gasteiger partial charge in [0.1, 0.15) is 23.4 Å². The number of aryl methyl sites for hydroxylation is 1. The molecule has 164 valence electrons. The van der Waals surface area contributed by atoms with Gasteiger partial charge in [0.15, 0.2) is 12.4 Å². The first-order valence-corrected chi connectivity index (χ1v) is 11.4. The Balaban J connectivity index is 1.97. The lowest BCUT2D eigenvalue weighted by Crippen LogP contribution is -2.28. The molecule has 0 atom stereocenters. The van der Waals surface area contributed by atoms with Gasteiger partial charge >= 0.3 is 0 Å². The molecule has 1 aromatic carbocycles. The molecule has 0 bridgehead atoms. The number of likely N-dealkylation sites (N-methyl/N-ethyl adjacent to an activating group) is 1. The molecule has 9 nitrogen and oxygen atoms in total. The molecular formula is C20H23FN6O3S. The zero-order valence-corrected chi connectivity index (χ0v) is 18.4. The summed E-state index contributed by atoms with van der Waals surface area (Å²) in [5.41, 5.74) is 2.08. The maximum Gasteiger partial charge on any atom is 0.284 e. The number of hydrogen-bond acceptors (Lipinski definition) is 6. The number of aromatic nitrogens is 3. The fourth-order valence-corrected chi connectivity index (χ4v) is 3.35. The Bertz CT molecular complexity index is 1170. The SMILES string of the molecule is CCNC(=O)COc1cc(F)ccc1Nc1ncnn2cc(C(=O)N=S(C)C)c(C)c12. The summed E-state index contributed by atoms with van der Waals surface area (Å²) in [7, 11) is -0.396. The van der Waals surface area contributed by atoms with Crippen LogP contribution in [0.15, 0.2) is 35.1 Å². The Morgan fingerprint density at radius 3 is 2.81 bits per heavy atom. The van der Waals surface area contributed by atoms with Gasteiger partial charge in [0, 0.05) is 18.8 Å². The van der Waals surface area contributed by atoms with Gasteiger partial charge in [-0.1, -0.05) is 10.7 Å². The van der Waals surface area contributed by atoms with Crippen molar-refractivity contribution in [1.82, 2.24) is 19.9 Å². The van der Waals surface area contributed by atoms with Crippen molar-refractivity contribution in [3.05, 3.63) is 47.7 Å². The molecule has 2 aromatic heterocycles. The van der Waals surface area contributed by atoms with Gasteiger partial charge in [-0.2, -0.15) is 9.46 Å². The largest absolute Gasteiger partial charge is 0.481 e. The summed E-state index contributed by atoms with van der Waals surface area (Å²) < 4.78 is 24.9. The Kier molecular flexibility index (Phi) is 6.95. The van der Waals surface area contributed by atoms with Crippen molar-refractivity contribution in [2.75, 3.05) is 31.0 Å². The van der Waals surface area contributed by atoms with E-state index in [1.165, 1.54) is 29.0 Å². The van der Waals surface area contributed by atoms with Gasteiger partial charge in [0.25, 0.3) is 11.8 Å². The molecule has 0 aliphatic rings. The maximum absolute atomic E-state index is 13.8. The van der Waals surface area contributed by atoms with E-state index in [1.54, 1.807) is 20.0 Å². The van der Waals surface area contributed by atoms with Crippen molar-refractivity contribution in [1.29, 1.82) is 0 Å². The Morgan fingerprint density at radius 2 is 2.10 bits per heavy atom. The van der Waals surface area contributed by atoms with Crippen LogP contribution in [-0.2, 0) is 15.5 Å². The molecule has 3 rings (SSSR count). The zero-order valence-electron chi connectivity index (χ0n) is 17.6. The molecular weight excluding hydrogens is 423 g/mol. The van der Waals surface area contributed by atoms with Gasteiger partial charge in [0.2, 0.25) is 0 Å². The van der Waals surface area contributed by atoms with Crippen molar-refractivity contribution < 1.29 is 18.7 Å². The smallest absolute Gasteiger partial charge is 0.284 e. The topological polar surface area (TPSA) is 110 Å². The quantitative estimate of drug-likeness (QED) is 0.577. The number of anilines is 2. The summed E-state index contributed by atoms with van der Waals surface area (Å²) >= 11 is 0. The second-order valence-electron chi connectivity index (χ2n) is 6.75. The van der Waals surface area contributed by atoms with E-state index in [4.69, 9.17) is 4.74 Å². The maximum atomic E-state index is 13.8. The first-order chi connectivity index (χ1) is 14.8. The number of nitrogens with one attached hydrogen (secondary N) is 2. The lowest BCUT2D eigenvalue weighted by Gasteiger charge is -2.14. The van der Waals surface area contributed by atoms with Crippen molar-refractivity contribution in [3.63, 3.8) is 0 Å². The molecule has 0 fully saturated rings. The number of fused-ring (bicyclic) bond motifs is 1. The van der Waals surface area contributed by atoms with E-state index in [0.717, 1.165) is 0 Å². The summed E-state index contributed by atoms with van der Waals surface area (Å²) in [6.45, 7) is 3.79. The van der Waals surface area contributed by atoms with E-state index in [0.29, 0.717) is 34.7 Å². The molecule has 3 aromatic rings. The third-order valence-electron chi connectivity index (χ3n) is 4.25. The molecule has 0 aliphatic heterocycles. The number of ether oxygens (including phenoxy) is 1. The molecule has 31 heavy (non-hydrogen) atoms. The van der Waals surface area contributed by atoms with Gasteiger partial charge in [-0.15, -0.1) is 0 Å². The van der Waals surface area contributed by atoms with E-state index < -0.39 is 16.5 Å². The summed E-state index contributed by atoms with van der Waals surface area (Å²) in [5.74, 6) is -0.600. The summed E-state index contributed by atoms with van der Waals surface area (Å²) in [5, 5.41) is 9.89. The zero-order chi connectivity index (χ0) is 22.5. The van der Waals surface area contributed by atoms with Crippen LogP contribution in [-0.4, -0.2) is 52.1 Å². The highest BCUT2D eigenvalue weighted by Gasteiger charge is 2.19. The van der Waals surface area contributed by atoms with Gasteiger partial charge in [0.05, 0.1) is 11.3 Å². The molecule has 0 aliphatic carbocycles. The predicted molar refractivity (Wildman–Crippen MR) is 118 cm³/mol. The molecule has 11 heteroatoms. The van der Waals surface area contributed by atoms with Crippen LogP contribution >= 0.6 is 0 Å². The third-order valence-corrected chi connectivity index (χ3v) is 4.78. The van der Waals surface area contributed by atoms with Crippen LogP contribution in [0.2, 0.25) is 0 Å². The molecule has 0 spiro atoms. The van der Waals surface area contributed by atoms with Gasteiger partial charge in [-0.25, -0.2) is 13.9 Å². The average molecular weight is 447 g/mol. The predicted octanol–water partition coefficient (Wildman–Crippen LogP) is 2.64. The molecule has 2 N–H and O–H groups in total. The number of hydrogen-bond donors (Lipinski definition) is 2. The second-order valence-corrected chi connectivity index (χ2v) is 8.48. The van der Waals surface area contributed by atoms with Crippen LogP contribution in [0.25, 0.3) is 5.52 Å². The molecule has 0 unspecified atom stereocenters. The molecule has 2 amide bonds. The monoisotopic (exact) mass is 446 g/mol. The van der Waals surface area contributed by atoms with E-state index in [-0.39, 0.29) is 24.2 Å². The summed E-state index contributed by atoms with van der Waals surface area (Å²) in [6.07, 6.45) is 6.65. The number of amides is 2. The van der Waals surface area contributed by atoms with Gasteiger partial charge in [-0.05, 0) is 44.1 Å². The molecule has 0 saturated heterocycles. The standard InChI is InChI=1S/C20H23FN6O3S/c1-5-22-17(28)10-30-16-8-13(21)6-7-15(16)25-19-18-12(2)14(20(29)26-31(3)4)9-27(18)24-11-23-19/h6-9,11H,5,10H2,1-4H3,(H,22,28)(H,23,24,25). The van der Waals surface area contributed by atoms with Gasteiger partial charge < -0.3 is 15.4 Å². The number of carbonyl (C=O) groups excluding carboxylic acids is 2. The number of carbonyl (C=O) groups is 2. The lowest BCUT2D eigenvalue weighted by atomic mass is 10.2. The first kappa shape index (κ1) is 22.3. The summed E-state index contributed by atoms with van der Waals surface area (Å²) in [6, 6.07) is 3.94. The highest BCUT2D eigenvalue weighted by molar-refractivity contribution is 7.86. The van der Waals surface area contributed by atoms with Crippen LogP contribution in [0.5, 0.6) is 5.75 Å². The highest BCUT2D eigenvalue weighted by Crippen LogP contribution is 2.31. The molecule has 0 radical (unpaired) electrons. The average Bonchev–Trinajstić information content (AvgIpc) is 3.05. The second kappa shape index (κ2) is 9.65. The summed E-state index contributed by atoms with van der Waals surface area (Å²) in [4.78, 5) is 28.5. The Hall–Kier alpha value is -3.34. The van der Waals surface area contributed by atoms with Crippen LogP contribution in [0.4, 0.5) is 15.9 Å². The Labute approximate surface area is 181 Å². The number of benzene rings is 1. The van der Waals surface area contributed by atoms with Gasteiger partial charge in [-0.3, -0.25) is 9.59 Å². The van der Waals surface area contributed by atoms with E-state index in [9.17, 15) is 14.0 Å². The fraction of sp³-hybridized carbons (Fsp3) is 0.300. The fourth-order valence-electron chi connectivity index (χ4n) is 2.92. The molecule has 2 heterocycles. The van der Waals surface area contributed by atoms with E-state index in [1.807, 2.05) is 12.5 Å². The minimum absolute atomic E-state index is 0.152. The highest BCUT2D eigenvalue weighted by atomic mass is 32.2.